The van der Waals surface area contributed by atoms with Crippen molar-refractivity contribution < 1.29 is 9.59 Å². The molecule has 10 heteroatoms. The summed E-state index contributed by atoms with van der Waals surface area (Å²) < 4.78 is 2.73. The topological polar surface area (TPSA) is 88.9 Å². The molecule has 0 aliphatic carbocycles. The molecular formula is C21H21BrClN5O2S. The van der Waals surface area contributed by atoms with E-state index in [2.05, 4.69) is 36.8 Å². The van der Waals surface area contributed by atoms with Crippen LogP contribution >= 0.6 is 39.3 Å². The van der Waals surface area contributed by atoms with Crippen LogP contribution in [0.15, 0.2) is 46.0 Å². The zero-order chi connectivity index (χ0) is 22.5. The quantitative estimate of drug-likeness (QED) is 0.446. The van der Waals surface area contributed by atoms with E-state index >= 15 is 0 Å². The van der Waals surface area contributed by atoms with Crippen molar-refractivity contribution in [3.8, 4) is 0 Å². The zero-order valence-electron chi connectivity index (χ0n) is 17.2. The lowest BCUT2D eigenvalue weighted by molar-refractivity contribution is -0.113. The van der Waals surface area contributed by atoms with Gasteiger partial charge in [0, 0.05) is 17.2 Å². The van der Waals surface area contributed by atoms with Crippen LogP contribution in [-0.2, 0) is 18.4 Å². The Balaban J connectivity index is 1.56. The van der Waals surface area contributed by atoms with Gasteiger partial charge in [-0.2, -0.15) is 0 Å². The molecule has 2 aromatic carbocycles. The molecule has 1 heterocycles. The van der Waals surface area contributed by atoms with Crippen molar-refractivity contribution >= 4 is 56.8 Å². The molecule has 7 nitrogen and oxygen atoms in total. The van der Waals surface area contributed by atoms with Crippen LogP contribution in [0.2, 0.25) is 5.02 Å². The minimum absolute atomic E-state index is 0.130. The predicted molar refractivity (Wildman–Crippen MR) is 127 cm³/mol. The van der Waals surface area contributed by atoms with Crippen molar-refractivity contribution in [2.24, 2.45) is 7.05 Å². The fraction of sp³-hybridized carbons (Fsp3) is 0.238. The molecular weight excluding hydrogens is 502 g/mol. The Labute approximate surface area is 198 Å². The van der Waals surface area contributed by atoms with Crippen molar-refractivity contribution in [3.63, 3.8) is 0 Å². The first-order chi connectivity index (χ1) is 14.8. The Morgan fingerprint density at radius 1 is 1.16 bits per heavy atom. The number of hydrogen-bond donors (Lipinski definition) is 2. The molecule has 0 aliphatic heterocycles. The van der Waals surface area contributed by atoms with Crippen molar-refractivity contribution in [2.45, 2.75) is 25.5 Å². The van der Waals surface area contributed by atoms with E-state index in [0.29, 0.717) is 21.6 Å². The van der Waals surface area contributed by atoms with Gasteiger partial charge in [0.15, 0.2) is 11.0 Å². The van der Waals surface area contributed by atoms with E-state index in [1.54, 1.807) is 35.9 Å². The molecule has 1 aromatic heterocycles. The molecule has 0 atom stereocenters. The summed E-state index contributed by atoms with van der Waals surface area (Å²) in [7, 11) is 1.79. The molecule has 0 spiro atoms. The van der Waals surface area contributed by atoms with E-state index in [1.807, 2.05) is 26.0 Å². The van der Waals surface area contributed by atoms with Gasteiger partial charge in [0.25, 0.3) is 5.91 Å². The van der Waals surface area contributed by atoms with E-state index in [-0.39, 0.29) is 24.1 Å². The fourth-order valence-electron chi connectivity index (χ4n) is 2.94. The number of amides is 2. The van der Waals surface area contributed by atoms with Gasteiger partial charge < -0.3 is 15.2 Å². The summed E-state index contributed by atoms with van der Waals surface area (Å²) in [6.07, 6.45) is 0. The summed E-state index contributed by atoms with van der Waals surface area (Å²) in [6.45, 7) is 4.09. The number of anilines is 1. The van der Waals surface area contributed by atoms with E-state index in [9.17, 15) is 9.59 Å². The number of rotatable bonds is 7. The van der Waals surface area contributed by atoms with Gasteiger partial charge in [-0.25, -0.2) is 0 Å². The van der Waals surface area contributed by atoms with Crippen LogP contribution in [0.3, 0.4) is 0 Å². The number of thioether (sulfide) groups is 1. The van der Waals surface area contributed by atoms with Gasteiger partial charge in [-0.3, -0.25) is 9.59 Å². The van der Waals surface area contributed by atoms with Crippen LogP contribution in [0.25, 0.3) is 0 Å². The van der Waals surface area contributed by atoms with E-state index < -0.39 is 0 Å². The SMILES string of the molecule is Cc1cc(Br)cc(C)c1NC(=O)CSc1nnc(CNC(=O)c2ccccc2Cl)n1C. The summed E-state index contributed by atoms with van der Waals surface area (Å²) in [5.41, 5.74) is 3.19. The van der Waals surface area contributed by atoms with Gasteiger partial charge >= 0.3 is 0 Å². The van der Waals surface area contributed by atoms with Gasteiger partial charge in [0.1, 0.15) is 0 Å². The number of nitrogens with zero attached hydrogens (tertiary/aromatic N) is 3. The van der Waals surface area contributed by atoms with E-state index in [4.69, 9.17) is 11.6 Å². The highest BCUT2D eigenvalue weighted by Crippen LogP contribution is 2.25. The Hall–Kier alpha value is -2.36. The second-order valence-electron chi connectivity index (χ2n) is 6.87. The maximum Gasteiger partial charge on any atom is 0.253 e. The second-order valence-corrected chi connectivity index (χ2v) is 9.14. The first kappa shape index (κ1) is 23.3. The second kappa shape index (κ2) is 10.3. The van der Waals surface area contributed by atoms with Crippen LogP contribution in [0.4, 0.5) is 5.69 Å². The normalized spacial score (nSPS) is 10.7. The number of benzene rings is 2. The van der Waals surface area contributed by atoms with Crippen molar-refractivity contribution in [3.05, 3.63) is 68.4 Å². The lowest BCUT2D eigenvalue weighted by atomic mass is 10.1. The molecule has 162 valence electrons. The van der Waals surface area contributed by atoms with E-state index in [1.165, 1.54) is 11.8 Å². The van der Waals surface area contributed by atoms with E-state index in [0.717, 1.165) is 21.3 Å². The monoisotopic (exact) mass is 521 g/mol. The molecule has 0 fully saturated rings. The molecule has 31 heavy (non-hydrogen) atoms. The zero-order valence-corrected chi connectivity index (χ0v) is 20.4. The summed E-state index contributed by atoms with van der Waals surface area (Å²) in [4.78, 5) is 24.7. The smallest absolute Gasteiger partial charge is 0.253 e. The maximum atomic E-state index is 12.4. The molecule has 0 unspecified atom stereocenters. The van der Waals surface area contributed by atoms with Gasteiger partial charge in [0.2, 0.25) is 5.91 Å². The van der Waals surface area contributed by atoms with Crippen LogP contribution in [0, 0.1) is 13.8 Å². The third-order valence-electron chi connectivity index (χ3n) is 4.54. The van der Waals surface area contributed by atoms with Gasteiger partial charge in [-0.1, -0.05) is 51.4 Å². The number of carbonyl (C=O) groups is 2. The summed E-state index contributed by atoms with van der Waals surface area (Å²) in [5, 5.41) is 14.9. The van der Waals surface area contributed by atoms with Gasteiger partial charge in [-0.05, 0) is 49.2 Å². The molecule has 0 aliphatic rings. The third-order valence-corrected chi connectivity index (χ3v) is 6.35. The molecule has 0 radical (unpaired) electrons. The molecule has 2 N–H and O–H groups in total. The third kappa shape index (κ3) is 5.87. The minimum atomic E-state index is -0.289. The van der Waals surface area contributed by atoms with Gasteiger partial charge in [-0.15, -0.1) is 10.2 Å². The molecule has 3 rings (SSSR count). The summed E-state index contributed by atoms with van der Waals surface area (Å²) in [6, 6.07) is 10.8. The average Bonchev–Trinajstić information content (AvgIpc) is 3.07. The molecule has 0 saturated heterocycles. The number of aryl methyl sites for hydroxylation is 2. The highest BCUT2D eigenvalue weighted by Gasteiger charge is 2.15. The largest absolute Gasteiger partial charge is 0.345 e. The van der Waals surface area contributed by atoms with Crippen molar-refractivity contribution in [1.29, 1.82) is 0 Å². The Bertz CT molecular complexity index is 1110. The predicted octanol–water partition coefficient (Wildman–Crippen LogP) is 4.51. The number of carbonyl (C=O) groups excluding carboxylic acids is 2. The highest BCUT2D eigenvalue weighted by molar-refractivity contribution is 9.10. The van der Waals surface area contributed by atoms with Crippen LogP contribution in [-0.4, -0.2) is 32.3 Å². The van der Waals surface area contributed by atoms with Gasteiger partial charge in [0.05, 0.1) is 22.9 Å². The fourth-order valence-corrected chi connectivity index (χ4v) is 4.58. The highest BCUT2D eigenvalue weighted by atomic mass is 79.9. The lowest BCUT2D eigenvalue weighted by Crippen LogP contribution is -2.24. The number of nitrogens with one attached hydrogen (secondary N) is 2. The van der Waals surface area contributed by atoms with Crippen LogP contribution in [0.5, 0.6) is 0 Å². The van der Waals surface area contributed by atoms with Crippen molar-refractivity contribution in [1.82, 2.24) is 20.1 Å². The Kier molecular flexibility index (Phi) is 7.74. The molecule has 0 bridgehead atoms. The molecule has 0 saturated carbocycles. The number of aromatic nitrogens is 3. The first-order valence-corrected chi connectivity index (χ1v) is 11.5. The van der Waals surface area contributed by atoms with Crippen LogP contribution < -0.4 is 10.6 Å². The molecule has 3 aromatic rings. The Morgan fingerprint density at radius 2 is 1.84 bits per heavy atom. The number of halogens is 2. The standard InChI is InChI=1S/C21H21BrClN5O2S/c1-12-8-14(22)9-13(2)19(12)25-18(29)11-31-21-27-26-17(28(21)3)10-24-20(30)15-6-4-5-7-16(15)23/h4-9H,10-11H2,1-3H3,(H,24,30)(H,25,29). The van der Waals surface area contributed by atoms with Crippen LogP contribution in [0.1, 0.15) is 27.3 Å². The number of hydrogen-bond acceptors (Lipinski definition) is 5. The first-order valence-electron chi connectivity index (χ1n) is 9.36. The lowest BCUT2D eigenvalue weighted by Gasteiger charge is -2.12. The average molecular weight is 523 g/mol. The van der Waals surface area contributed by atoms with Crippen molar-refractivity contribution in [2.75, 3.05) is 11.1 Å². The maximum absolute atomic E-state index is 12.4. The summed E-state index contributed by atoms with van der Waals surface area (Å²) in [5.74, 6) is 0.341. The summed E-state index contributed by atoms with van der Waals surface area (Å²) >= 11 is 10.8. The molecule has 2 amide bonds. The minimum Gasteiger partial charge on any atom is -0.345 e. The Morgan fingerprint density at radius 3 is 2.52 bits per heavy atom.